The highest BCUT2D eigenvalue weighted by molar-refractivity contribution is 6.21. The second-order valence-electron chi connectivity index (χ2n) is 8.43. The molecule has 32 heavy (non-hydrogen) atoms. The van der Waals surface area contributed by atoms with Crippen LogP contribution >= 0.6 is 0 Å². The van der Waals surface area contributed by atoms with Gasteiger partial charge in [0.1, 0.15) is 22.8 Å². The first kappa shape index (κ1) is 21.6. The van der Waals surface area contributed by atoms with E-state index in [-0.39, 0.29) is 35.5 Å². The van der Waals surface area contributed by atoms with Gasteiger partial charge in [-0.2, -0.15) is 0 Å². The predicted octanol–water partition coefficient (Wildman–Crippen LogP) is 1.41. The molecule has 5 N–H and O–H groups in total. The molecular weight excluding hydrogens is 418 g/mol. The minimum Gasteiger partial charge on any atom is -0.511 e. The van der Waals surface area contributed by atoms with Gasteiger partial charge in [0, 0.05) is 18.4 Å². The lowest BCUT2D eigenvalue weighted by Crippen LogP contribution is -2.44. The Hall–Kier alpha value is -3.62. The first-order valence-corrected chi connectivity index (χ1v) is 10.3. The van der Waals surface area contributed by atoms with Crippen LogP contribution in [-0.2, 0) is 36.8 Å². The lowest BCUT2D eigenvalue weighted by atomic mass is 9.61. The summed E-state index contributed by atoms with van der Waals surface area (Å²) in [4.78, 5) is 48.9. The number of amides is 1. The van der Waals surface area contributed by atoms with Crippen LogP contribution < -0.4 is 5.73 Å². The number of ether oxygens (including phenoxy) is 1. The third-order valence-electron chi connectivity index (χ3n) is 6.69. The molecule has 0 bridgehead atoms. The Morgan fingerprint density at radius 3 is 2.53 bits per heavy atom. The zero-order valence-corrected chi connectivity index (χ0v) is 17.4. The number of aliphatic hydroxyl groups excluding tert-OH is 2. The highest BCUT2D eigenvalue weighted by Crippen LogP contribution is 2.50. The van der Waals surface area contributed by atoms with Crippen LogP contribution in [0.2, 0.25) is 0 Å². The van der Waals surface area contributed by atoms with E-state index in [1.807, 2.05) is 0 Å². The van der Waals surface area contributed by atoms with E-state index in [4.69, 9.17) is 5.73 Å². The molecule has 1 aromatic rings. The first-order chi connectivity index (χ1) is 15.1. The van der Waals surface area contributed by atoms with E-state index in [1.54, 1.807) is 6.07 Å². The number of rotatable bonds is 4. The van der Waals surface area contributed by atoms with Crippen LogP contribution in [0.4, 0.5) is 0 Å². The van der Waals surface area contributed by atoms with Crippen molar-refractivity contribution in [2.45, 2.75) is 32.1 Å². The first-order valence-electron chi connectivity index (χ1n) is 10.3. The lowest BCUT2D eigenvalue weighted by Gasteiger charge is -2.41. The Bertz CT molecular complexity index is 1130. The molecule has 3 unspecified atom stereocenters. The van der Waals surface area contributed by atoms with Gasteiger partial charge < -0.3 is 25.8 Å². The summed E-state index contributed by atoms with van der Waals surface area (Å²) < 4.78 is 4.68. The molecule has 9 heteroatoms. The Balaban J connectivity index is 1.80. The van der Waals surface area contributed by atoms with E-state index in [2.05, 4.69) is 4.74 Å². The van der Waals surface area contributed by atoms with Crippen LogP contribution in [0.5, 0.6) is 5.75 Å². The molecule has 1 aromatic carbocycles. The zero-order chi connectivity index (χ0) is 23.3. The van der Waals surface area contributed by atoms with Gasteiger partial charge in [0.15, 0.2) is 11.6 Å². The van der Waals surface area contributed by atoms with Crippen LogP contribution in [0.15, 0.2) is 29.0 Å². The fourth-order valence-corrected chi connectivity index (χ4v) is 5.28. The van der Waals surface area contributed by atoms with Crippen LogP contribution in [0.1, 0.15) is 36.0 Å². The molecule has 4 rings (SSSR count). The van der Waals surface area contributed by atoms with Gasteiger partial charge in [-0.25, -0.2) is 0 Å². The quantitative estimate of drug-likeness (QED) is 0.402. The SMILES string of the molecule is COC(=O)CCc1ccc(O)c2c1CC1CC3CC(=O)C(C(N)=O)=C(O)C3C(=O)C1=C2O. The van der Waals surface area contributed by atoms with Crippen LogP contribution in [-0.4, -0.2) is 45.9 Å². The predicted molar refractivity (Wildman–Crippen MR) is 110 cm³/mol. The van der Waals surface area contributed by atoms with E-state index in [0.29, 0.717) is 24.8 Å². The average molecular weight is 441 g/mol. The minimum absolute atomic E-state index is 0.0592. The van der Waals surface area contributed by atoms with E-state index >= 15 is 0 Å². The number of methoxy groups -OCH3 is 1. The number of allylic oxidation sites excluding steroid dienone is 2. The zero-order valence-electron chi connectivity index (χ0n) is 17.4. The Morgan fingerprint density at radius 2 is 1.88 bits per heavy atom. The maximum absolute atomic E-state index is 13.3. The number of carbonyl (C=O) groups is 4. The number of aliphatic hydroxyl groups is 2. The van der Waals surface area contributed by atoms with Crippen molar-refractivity contribution in [3.05, 3.63) is 45.7 Å². The molecule has 0 radical (unpaired) electrons. The van der Waals surface area contributed by atoms with E-state index < -0.39 is 52.5 Å². The summed E-state index contributed by atoms with van der Waals surface area (Å²) in [5, 5.41) is 32.0. The minimum atomic E-state index is -1.14. The van der Waals surface area contributed by atoms with Gasteiger partial charge in [0.05, 0.1) is 18.6 Å². The number of carbonyl (C=O) groups excluding carboxylic acids is 4. The number of phenolic OH excluding ortho intramolecular Hbond substituents is 1. The number of primary amides is 1. The number of benzene rings is 1. The van der Waals surface area contributed by atoms with Gasteiger partial charge >= 0.3 is 5.97 Å². The molecular formula is C23H23NO8. The van der Waals surface area contributed by atoms with Gasteiger partial charge in [-0.3, -0.25) is 19.2 Å². The number of hydrogen-bond acceptors (Lipinski definition) is 8. The summed E-state index contributed by atoms with van der Waals surface area (Å²) in [6.45, 7) is 0. The van der Waals surface area contributed by atoms with Gasteiger partial charge in [-0.05, 0) is 48.3 Å². The van der Waals surface area contributed by atoms with Crippen LogP contribution in [0.3, 0.4) is 0 Å². The molecule has 1 saturated carbocycles. The van der Waals surface area contributed by atoms with Gasteiger partial charge in [-0.15, -0.1) is 0 Å². The van der Waals surface area contributed by atoms with Crippen molar-refractivity contribution in [1.29, 1.82) is 0 Å². The molecule has 3 aliphatic rings. The summed E-state index contributed by atoms with van der Waals surface area (Å²) in [5.74, 6) is -6.04. The van der Waals surface area contributed by atoms with Crippen molar-refractivity contribution in [3.8, 4) is 5.75 Å². The number of ketones is 2. The molecule has 3 aliphatic carbocycles. The molecule has 0 heterocycles. The normalized spacial score (nSPS) is 24.6. The smallest absolute Gasteiger partial charge is 0.305 e. The Morgan fingerprint density at radius 1 is 1.16 bits per heavy atom. The molecule has 0 spiro atoms. The molecule has 0 aromatic heterocycles. The van der Waals surface area contributed by atoms with Crippen molar-refractivity contribution < 1.29 is 39.2 Å². The number of nitrogens with two attached hydrogens (primary N) is 1. The fourth-order valence-electron chi connectivity index (χ4n) is 5.28. The van der Waals surface area contributed by atoms with Crippen molar-refractivity contribution in [2.75, 3.05) is 7.11 Å². The standard InChI is InChI=1S/C23H23NO8/c1-32-15(27)5-3-9-2-4-13(25)18-12(9)7-10-6-11-8-14(26)19(23(24)31)22(30)17(11)20(28)16(10)21(18)29/h2,4,10-11,17,25,29-30H,3,5-8H2,1H3,(H2,24,31). The number of aryl methyl sites for hydroxylation is 1. The van der Waals surface area contributed by atoms with Crippen molar-refractivity contribution in [3.63, 3.8) is 0 Å². The number of esters is 1. The van der Waals surface area contributed by atoms with E-state index in [1.165, 1.54) is 13.2 Å². The molecule has 3 atom stereocenters. The number of hydrogen-bond donors (Lipinski definition) is 4. The van der Waals surface area contributed by atoms with Crippen molar-refractivity contribution >= 4 is 29.2 Å². The van der Waals surface area contributed by atoms with E-state index in [9.17, 15) is 34.5 Å². The second-order valence-corrected chi connectivity index (χ2v) is 8.43. The van der Waals surface area contributed by atoms with Gasteiger partial charge in [0.2, 0.25) is 0 Å². The monoisotopic (exact) mass is 441 g/mol. The number of Topliss-reactive ketones (excluding diaryl/α,β-unsaturated/α-hetero) is 2. The lowest BCUT2D eigenvalue weighted by molar-refractivity contribution is -0.140. The van der Waals surface area contributed by atoms with Gasteiger partial charge in [0.25, 0.3) is 5.91 Å². The third-order valence-corrected chi connectivity index (χ3v) is 6.69. The molecule has 1 amide bonds. The van der Waals surface area contributed by atoms with Crippen molar-refractivity contribution in [1.82, 2.24) is 0 Å². The fraction of sp³-hybridized carbons (Fsp3) is 0.391. The number of aromatic hydroxyl groups is 1. The second kappa shape index (κ2) is 7.81. The summed E-state index contributed by atoms with van der Waals surface area (Å²) in [6.07, 6.45) is 0.974. The Labute approximate surface area is 183 Å². The van der Waals surface area contributed by atoms with E-state index in [0.717, 1.165) is 5.56 Å². The molecule has 1 fully saturated rings. The topological polar surface area (TPSA) is 164 Å². The maximum atomic E-state index is 13.3. The largest absolute Gasteiger partial charge is 0.511 e. The highest BCUT2D eigenvalue weighted by Gasteiger charge is 2.50. The summed E-state index contributed by atoms with van der Waals surface area (Å²) in [7, 11) is 1.29. The molecule has 168 valence electrons. The average Bonchev–Trinajstić information content (AvgIpc) is 2.71. The van der Waals surface area contributed by atoms with Crippen LogP contribution in [0, 0.1) is 17.8 Å². The van der Waals surface area contributed by atoms with Crippen molar-refractivity contribution in [2.24, 2.45) is 23.5 Å². The number of fused-ring (bicyclic) bond motifs is 3. The maximum Gasteiger partial charge on any atom is 0.305 e. The molecule has 0 aliphatic heterocycles. The van der Waals surface area contributed by atoms with Crippen LogP contribution in [0.25, 0.3) is 5.76 Å². The number of phenols is 1. The molecule has 0 saturated heterocycles. The summed E-state index contributed by atoms with van der Waals surface area (Å²) in [6, 6.07) is 3.06. The summed E-state index contributed by atoms with van der Waals surface area (Å²) >= 11 is 0. The molecule has 9 nitrogen and oxygen atoms in total. The van der Waals surface area contributed by atoms with Gasteiger partial charge in [-0.1, -0.05) is 6.07 Å². The highest BCUT2D eigenvalue weighted by atomic mass is 16.5. The summed E-state index contributed by atoms with van der Waals surface area (Å²) in [5.41, 5.74) is 6.20. The Kier molecular flexibility index (Phi) is 5.28. The third kappa shape index (κ3) is 3.24.